The number of hydrogen-bond donors (Lipinski definition) is 3. The smallest absolute Gasteiger partial charge is 0.243 e. The van der Waals surface area contributed by atoms with E-state index in [1.54, 1.807) is 6.07 Å². The number of benzene rings is 1. The van der Waals surface area contributed by atoms with Crippen LogP contribution < -0.4 is 16.4 Å². The number of hydrogen-bond acceptors (Lipinski definition) is 4. The second-order valence-corrected chi connectivity index (χ2v) is 7.49. The number of likely N-dealkylation sites (tertiary alicyclic amines) is 1. The van der Waals surface area contributed by atoms with Crippen molar-refractivity contribution in [3.8, 4) is 0 Å². The van der Waals surface area contributed by atoms with Crippen molar-refractivity contribution in [3.63, 3.8) is 0 Å². The maximum absolute atomic E-state index is 12.1. The summed E-state index contributed by atoms with van der Waals surface area (Å²) >= 11 is 0. The van der Waals surface area contributed by atoms with E-state index in [2.05, 4.69) is 29.4 Å². The van der Waals surface area contributed by atoms with Gasteiger partial charge in [0.2, 0.25) is 17.7 Å². The Morgan fingerprint density at radius 3 is 2.74 bits per heavy atom. The van der Waals surface area contributed by atoms with Gasteiger partial charge in [0.15, 0.2) is 0 Å². The normalized spacial score (nSPS) is 17.1. The Bertz CT molecular complexity index is 675. The standard InChI is InChI=1S/C20H30N4O3/c1-14(2)8-9-18(25)22-12-19(26)23-16-6-3-5-15(11-16)13-24-10-4-7-17(24)20(21)27/h3,5-6,11,14,17H,4,7-10,12-13H2,1-2H3,(H2,21,27)(H,22,25)(H,23,26). The highest BCUT2D eigenvalue weighted by atomic mass is 16.2. The number of rotatable bonds is 9. The van der Waals surface area contributed by atoms with Gasteiger partial charge in [-0.05, 0) is 49.4 Å². The van der Waals surface area contributed by atoms with Gasteiger partial charge in [-0.15, -0.1) is 0 Å². The Balaban J connectivity index is 1.83. The van der Waals surface area contributed by atoms with Crippen molar-refractivity contribution < 1.29 is 14.4 Å². The first kappa shape index (κ1) is 20.9. The summed E-state index contributed by atoms with van der Waals surface area (Å²) in [7, 11) is 0. The molecule has 1 aliphatic heterocycles. The molecule has 1 aromatic carbocycles. The first-order chi connectivity index (χ1) is 12.8. The highest BCUT2D eigenvalue weighted by Crippen LogP contribution is 2.21. The van der Waals surface area contributed by atoms with Crippen LogP contribution in [0.1, 0.15) is 45.1 Å². The van der Waals surface area contributed by atoms with Gasteiger partial charge in [-0.25, -0.2) is 0 Å². The van der Waals surface area contributed by atoms with Crippen molar-refractivity contribution in [3.05, 3.63) is 29.8 Å². The zero-order valence-corrected chi connectivity index (χ0v) is 16.2. The number of anilines is 1. The number of nitrogens with zero attached hydrogens (tertiary/aromatic N) is 1. The van der Waals surface area contributed by atoms with Gasteiger partial charge in [-0.2, -0.15) is 0 Å². The maximum atomic E-state index is 12.1. The molecule has 1 aliphatic rings. The summed E-state index contributed by atoms with van der Waals surface area (Å²) in [5.74, 6) is -0.206. The molecule has 1 fully saturated rings. The molecule has 148 valence electrons. The van der Waals surface area contributed by atoms with Gasteiger partial charge in [0.05, 0.1) is 12.6 Å². The van der Waals surface area contributed by atoms with E-state index in [-0.39, 0.29) is 30.3 Å². The zero-order chi connectivity index (χ0) is 19.8. The Kier molecular flexibility index (Phi) is 7.79. The van der Waals surface area contributed by atoms with Gasteiger partial charge in [0.1, 0.15) is 0 Å². The monoisotopic (exact) mass is 374 g/mol. The zero-order valence-electron chi connectivity index (χ0n) is 16.2. The van der Waals surface area contributed by atoms with Gasteiger partial charge >= 0.3 is 0 Å². The van der Waals surface area contributed by atoms with Crippen molar-refractivity contribution in [1.82, 2.24) is 10.2 Å². The van der Waals surface area contributed by atoms with E-state index in [0.29, 0.717) is 24.6 Å². The molecule has 27 heavy (non-hydrogen) atoms. The lowest BCUT2D eigenvalue weighted by Gasteiger charge is -2.22. The predicted octanol–water partition coefficient (Wildman–Crippen LogP) is 1.63. The van der Waals surface area contributed by atoms with E-state index >= 15 is 0 Å². The quantitative estimate of drug-likeness (QED) is 0.611. The van der Waals surface area contributed by atoms with Gasteiger partial charge in [-0.1, -0.05) is 26.0 Å². The molecule has 0 radical (unpaired) electrons. The van der Waals surface area contributed by atoms with E-state index in [1.165, 1.54) is 0 Å². The Labute approximate surface area is 160 Å². The number of primary amides is 1. The first-order valence-corrected chi connectivity index (χ1v) is 9.54. The summed E-state index contributed by atoms with van der Waals surface area (Å²) in [6, 6.07) is 7.29. The minimum absolute atomic E-state index is 0.0446. The van der Waals surface area contributed by atoms with Crippen LogP contribution in [0, 0.1) is 5.92 Å². The highest BCUT2D eigenvalue weighted by Gasteiger charge is 2.28. The molecule has 1 saturated heterocycles. The lowest BCUT2D eigenvalue weighted by Crippen LogP contribution is -2.39. The summed E-state index contributed by atoms with van der Waals surface area (Å²) in [4.78, 5) is 37.3. The Morgan fingerprint density at radius 2 is 2.04 bits per heavy atom. The molecule has 7 nitrogen and oxygen atoms in total. The van der Waals surface area contributed by atoms with Crippen molar-refractivity contribution in [2.45, 2.75) is 52.1 Å². The van der Waals surface area contributed by atoms with Crippen LogP contribution in [0.5, 0.6) is 0 Å². The van der Waals surface area contributed by atoms with Crippen LogP contribution in [0.2, 0.25) is 0 Å². The molecule has 0 bridgehead atoms. The van der Waals surface area contributed by atoms with Crippen LogP contribution >= 0.6 is 0 Å². The molecule has 0 spiro atoms. The third-order valence-electron chi connectivity index (χ3n) is 4.68. The topological polar surface area (TPSA) is 105 Å². The van der Waals surface area contributed by atoms with E-state index in [4.69, 9.17) is 5.73 Å². The van der Waals surface area contributed by atoms with Crippen molar-refractivity contribution in [2.24, 2.45) is 11.7 Å². The van der Waals surface area contributed by atoms with Crippen molar-refractivity contribution >= 4 is 23.4 Å². The van der Waals surface area contributed by atoms with Crippen LogP contribution in [0.25, 0.3) is 0 Å². The number of nitrogens with two attached hydrogens (primary N) is 1. The third-order valence-corrected chi connectivity index (χ3v) is 4.68. The summed E-state index contributed by atoms with van der Waals surface area (Å²) in [6.45, 7) is 5.52. The fraction of sp³-hybridized carbons (Fsp3) is 0.550. The average molecular weight is 374 g/mol. The second-order valence-electron chi connectivity index (χ2n) is 7.49. The van der Waals surface area contributed by atoms with E-state index < -0.39 is 0 Å². The number of carbonyl (C=O) groups is 3. The summed E-state index contributed by atoms with van der Waals surface area (Å²) in [5, 5.41) is 5.44. The molecule has 1 aromatic rings. The van der Waals surface area contributed by atoms with Crippen LogP contribution in [0.4, 0.5) is 5.69 Å². The van der Waals surface area contributed by atoms with Crippen molar-refractivity contribution in [1.29, 1.82) is 0 Å². The summed E-state index contributed by atoms with van der Waals surface area (Å²) in [6.07, 6.45) is 2.98. The van der Waals surface area contributed by atoms with Gasteiger partial charge in [0.25, 0.3) is 0 Å². The first-order valence-electron chi connectivity index (χ1n) is 9.54. The van der Waals surface area contributed by atoms with E-state index in [1.807, 2.05) is 18.2 Å². The van der Waals surface area contributed by atoms with Crippen LogP contribution in [0.15, 0.2) is 24.3 Å². The molecule has 0 saturated carbocycles. The van der Waals surface area contributed by atoms with Gasteiger partial charge in [-0.3, -0.25) is 19.3 Å². The molecule has 2 rings (SSSR count). The van der Waals surface area contributed by atoms with Crippen LogP contribution in [-0.2, 0) is 20.9 Å². The van der Waals surface area contributed by atoms with Crippen molar-refractivity contribution in [2.75, 3.05) is 18.4 Å². The number of amides is 3. The molecular formula is C20H30N4O3. The number of nitrogens with one attached hydrogen (secondary N) is 2. The lowest BCUT2D eigenvalue weighted by atomic mass is 10.1. The largest absolute Gasteiger partial charge is 0.368 e. The summed E-state index contributed by atoms with van der Waals surface area (Å²) in [5.41, 5.74) is 7.13. The molecule has 0 aliphatic carbocycles. The molecule has 1 heterocycles. The van der Waals surface area contributed by atoms with Crippen LogP contribution in [-0.4, -0.2) is 41.8 Å². The van der Waals surface area contributed by atoms with Gasteiger partial charge in [0, 0.05) is 18.7 Å². The Hall–Kier alpha value is -2.41. The predicted molar refractivity (Wildman–Crippen MR) is 105 cm³/mol. The molecule has 0 aromatic heterocycles. The molecule has 7 heteroatoms. The minimum Gasteiger partial charge on any atom is -0.368 e. The molecule has 1 unspecified atom stereocenters. The van der Waals surface area contributed by atoms with Gasteiger partial charge < -0.3 is 16.4 Å². The lowest BCUT2D eigenvalue weighted by molar-refractivity contribution is -0.124. The molecular weight excluding hydrogens is 344 g/mol. The maximum Gasteiger partial charge on any atom is 0.243 e. The third kappa shape index (κ3) is 7.02. The molecule has 1 atom stereocenters. The SMILES string of the molecule is CC(C)CCC(=O)NCC(=O)Nc1cccc(CN2CCCC2C(N)=O)c1. The minimum atomic E-state index is -0.287. The average Bonchev–Trinajstić information content (AvgIpc) is 3.07. The summed E-state index contributed by atoms with van der Waals surface area (Å²) < 4.78 is 0. The fourth-order valence-electron chi connectivity index (χ4n) is 3.21. The molecule has 4 N–H and O–H groups in total. The highest BCUT2D eigenvalue weighted by molar-refractivity contribution is 5.94. The van der Waals surface area contributed by atoms with E-state index in [9.17, 15) is 14.4 Å². The van der Waals surface area contributed by atoms with Crippen LogP contribution in [0.3, 0.4) is 0 Å². The molecule has 3 amide bonds. The van der Waals surface area contributed by atoms with E-state index in [0.717, 1.165) is 31.4 Å². The fourth-order valence-corrected chi connectivity index (χ4v) is 3.21. The second kappa shape index (κ2) is 10.1. The number of carbonyl (C=O) groups excluding carboxylic acids is 3. The Morgan fingerprint density at radius 1 is 1.26 bits per heavy atom.